The molecule has 144 valence electrons. The third kappa shape index (κ3) is 5.07. The molecular formula is C20H23FN2O3S. The molecule has 7 heteroatoms. The van der Waals surface area contributed by atoms with Crippen molar-refractivity contribution in [2.24, 2.45) is 0 Å². The molecule has 0 aromatic heterocycles. The van der Waals surface area contributed by atoms with E-state index in [9.17, 15) is 17.6 Å². The van der Waals surface area contributed by atoms with E-state index in [1.54, 1.807) is 12.1 Å². The molecule has 1 aliphatic rings. The van der Waals surface area contributed by atoms with Gasteiger partial charge in [0.2, 0.25) is 15.9 Å². The highest BCUT2D eigenvalue weighted by atomic mass is 32.2. The molecule has 0 aliphatic carbocycles. The number of halogens is 1. The number of benzene rings is 2. The van der Waals surface area contributed by atoms with Crippen LogP contribution in [0.3, 0.4) is 0 Å². The molecule has 1 aliphatic heterocycles. The SMILES string of the molecule is O=C(CCS(=O)(=O)N1CCCc2ccccc21)NCCc1ccc(F)cc1. The number of rotatable bonds is 7. The van der Waals surface area contributed by atoms with Gasteiger partial charge in [0.1, 0.15) is 5.82 Å². The van der Waals surface area contributed by atoms with Crippen LogP contribution in [0.4, 0.5) is 10.1 Å². The largest absolute Gasteiger partial charge is 0.356 e. The predicted molar refractivity (Wildman–Crippen MR) is 104 cm³/mol. The Morgan fingerprint density at radius 1 is 1.11 bits per heavy atom. The van der Waals surface area contributed by atoms with Crippen molar-refractivity contribution in [1.82, 2.24) is 5.32 Å². The molecule has 0 bridgehead atoms. The minimum atomic E-state index is -3.54. The van der Waals surface area contributed by atoms with E-state index in [0.29, 0.717) is 19.5 Å². The van der Waals surface area contributed by atoms with Crippen LogP contribution in [0.1, 0.15) is 24.0 Å². The van der Waals surface area contributed by atoms with Gasteiger partial charge in [-0.2, -0.15) is 0 Å². The van der Waals surface area contributed by atoms with E-state index in [-0.39, 0.29) is 23.9 Å². The van der Waals surface area contributed by atoms with Crippen LogP contribution in [0.25, 0.3) is 0 Å². The van der Waals surface area contributed by atoms with Gasteiger partial charge in [-0.05, 0) is 48.6 Å². The van der Waals surface area contributed by atoms with Crippen molar-refractivity contribution >= 4 is 21.6 Å². The Balaban J connectivity index is 1.50. The van der Waals surface area contributed by atoms with Gasteiger partial charge in [0, 0.05) is 19.5 Å². The maximum absolute atomic E-state index is 12.9. The number of hydrogen-bond acceptors (Lipinski definition) is 3. The normalized spacial score (nSPS) is 13.9. The van der Waals surface area contributed by atoms with Crippen LogP contribution in [-0.4, -0.2) is 33.2 Å². The monoisotopic (exact) mass is 390 g/mol. The first-order chi connectivity index (χ1) is 13.0. The smallest absolute Gasteiger partial charge is 0.235 e. The molecule has 0 spiro atoms. The van der Waals surface area contributed by atoms with Crippen LogP contribution >= 0.6 is 0 Å². The fourth-order valence-corrected chi connectivity index (χ4v) is 4.75. The minimum Gasteiger partial charge on any atom is -0.356 e. The summed E-state index contributed by atoms with van der Waals surface area (Å²) >= 11 is 0. The molecule has 2 aromatic rings. The number of sulfonamides is 1. The van der Waals surface area contributed by atoms with E-state index < -0.39 is 10.0 Å². The summed E-state index contributed by atoms with van der Waals surface area (Å²) in [6, 6.07) is 13.6. The lowest BCUT2D eigenvalue weighted by Gasteiger charge is -2.30. The Labute approximate surface area is 159 Å². The number of para-hydroxylation sites is 1. The van der Waals surface area contributed by atoms with Gasteiger partial charge in [0.15, 0.2) is 0 Å². The molecule has 0 saturated heterocycles. The summed E-state index contributed by atoms with van der Waals surface area (Å²) in [6.07, 6.45) is 2.13. The number of hydrogen-bond donors (Lipinski definition) is 1. The fraction of sp³-hybridized carbons (Fsp3) is 0.350. The third-order valence-electron chi connectivity index (χ3n) is 4.64. The third-order valence-corrected chi connectivity index (χ3v) is 6.41. The Morgan fingerprint density at radius 3 is 2.63 bits per heavy atom. The standard InChI is InChI=1S/C20H23FN2O3S/c21-18-9-7-16(8-10-18)11-13-22-20(24)12-15-27(25,26)23-14-3-5-17-4-1-2-6-19(17)23/h1-2,4,6-10H,3,5,11-15H2,(H,22,24). The topological polar surface area (TPSA) is 66.5 Å². The van der Waals surface area contributed by atoms with Gasteiger partial charge < -0.3 is 5.32 Å². The van der Waals surface area contributed by atoms with E-state index in [0.717, 1.165) is 29.7 Å². The molecular weight excluding hydrogens is 367 g/mol. The molecule has 0 unspecified atom stereocenters. The van der Waals surface area contributed by atoms with E-state index in [4.69, 9.17) is 0 Å². The Bertz CT molecular complexity index is 898. The summed E-state index contributed by atoms with van der Waals surface area (Å²) in [7, 11) is -3.54. The van der Waals surface area contributed by atoms with Crippen molar-refractivity contribution in [2.75, 3.05) is 23.1 Å². The number of amides is 1. The van der Waals surface area contributed by atoms with Crippen LogP contribution in [0, 0.1) is 5.82 Å². The van der Waals surface area contributed by atoms with Gasteiger partial charge in [-0.15, -0.1) is 0 Å². The van der Waals surface area contributed by atoms with Crippen molar-refractivity contribution in [3.8, 4) is 0 Å². The second-order valence-corrected chi connectivity index (χ2v) is 8.61. The Morgan fingerprint density at radius 2 is 1.85 bits per heavy atom. The maximum Gasteiger partial charge on any atom is 0.235 e. The number of anilines is 1. The molecule has 1 amide bonds. The summed E-state index contributed by atoms with van der Waals surface area (Å²) in [4.78, 5) is 12.0. The summed E-state index contributed by atoms with van der Waals surface area (Å²) < 4.78 is 39.7. The molecule has 0 atom stereocenters. The van der Waals surface area contributed by atoms with Gasteiger partial charge in [-0.1, -0.05) is 30.3 Å². The van der Waals surface area contributed by atoms with Crippen LogP contribution < -0.4 is 9.62 Å². The highest BCUT2D eigenvalue weighted by Gasteiger charge is 2.27. The lowest BCUT2D eigenvalue weighted by atomic mass is 10.0. The summed E-state index contributed by atoms with van der Waals surface area (Å²) in [6.45, 7) is 0.836. The lowest BCUT2D eigenvalue weighted by molar-refractivity contribution is -0.120. The second kappa shape index (κ2) is 8.52. The van der Waals surface area contributed by atoms with Crippen LogP contribution in [0.15, 0.2) is 48.5 Å². The van der Waals surface area contributed by atoms with Crippen molar-refractivity contribution < 1.29 is 17.6 Å². The molecule has 27 heavy (non-hydrogen) atoms. The molecule has 3 rings (SSSR count). The number of fused-ring (bicyclic) bond motifs is 1. The highest BCUT2D eigenvalue weighted by Crippen LogP contribution is 2.29. The summed E-state index contributed by atoms with van der Waals surface area (Å²) in [5.74, 6) is -0.817. The van der Waals surface area contributed by atoms with Crippen LogP contribution in [-0.2, 0) is 27.7 Å². The lowest BCUT2D eigenvalue weighted by Crippen LogP contribution is -2.38. The highest BCUT2D eigenvalue weighted by molar-refractivity contribution is 7.92. The van der Waals surface area contributed by atoms with Crippen molar-refractivity contribution in [2.45, 2.75) is 25.7 Å². The number of carbonyl (C=O) groups excluding carboxylic acids is 1. The van der Waals surface area contributed by atoms with Gasteiger partial charge in [-0.3, -0.25) is 9.10 Å². The van der Waals surface area contributed by atoms with Gasteiger partial charge in [0.05, 0.1) is 11.4 Å². The average Bonchev–Trinajstić information content (AvgIpc) is 2.67. The van der Waals surface area contributed by atoms with Crippen molar-refractivity contribution in [1.29, 1.82) is 0 Å². The quantitative estimate of drug-likeness (QED) is 0.790. The first-order valence-corrected chi connectivity index (χ1v) is 10.7. The predicted octanol–water partition coefficient (Wildman–Crippen LogP) is 2.66. The fourth-order valence-electron chi connectivity index (χ4n) is 3.21. The zero-order valence-corrected chi connectivity index (χ0v) is 15.8. The van der Waals surface area contributed by atoms with Crippen molar-refractivity contribution in [3.63, 3.8) is 0 Å². The van der Waals surface area contributed by atoms with Gasteiger partial charge in [-0.25, -0.2) is 12.8 Å². The molecule has 5 nitrogen and oxygen atoms in total. The van der Waals surface area contributed by atoms with Crippen LogP contribution in [0.2, 0.25) is 0 Å². The van der Waals surface area contributed by atoms with E-state index >= 15 is 0 Å². The molecule has 1 N–H and O–H groups in total. The minimum absolute atomic E-state index is 0.0790. The summed E-state index contributed by atoms with van der Waals surface area (Å²) in [5, 5.41) is 2.72. The van der Waals surface area contributed by atoms with Gasteiger partial charge in [0.25, 0.3) is 0 Å². The molecule has 1 heterocycles. The Hall–Kier alpha value is -2.41. The molecule has 0 radical (unpaired) electrons. The molecule has 0 saturated carbocycles. The summed E-state index contributed by atoms with van der Waals surface area (Å²) in [5.41, 5.74) is 2.66. The van der Waals surface area contributed by atoms with E-state index in [1.165, 1.54) is 16.4 Å². The van der Waals surface area contributed by atoms with Crippen LogP contribution in [0.5, 0.6) is 0 Å². The maximum atomic E-state index is 12.9. The zero-order valence-electron chi connectivity index (χ0n) is 15.0. The zero-order chi connectivity index (χ0) is 19.3. The van der Waals surface area contributed by atoms with Gasteiger partial charge >= 0.3 is 0 Å². The number of carbonyl (C=O) groups is 1. The Kier molecular flexibility index (Phi) is 6.11. The first-order valence-electron chi connectivity index (χ1n) is 9.05. The van der Waals surface area contributed by atoms with Crippen molar-refractivity contribution in [3.05, 3.63) is 65.5 Å². The van der Waals surface area contributed by atoms with E-state index in [1.807, 2.05) is 24.3 Å². The number of aryl methyl sites for hydroxylation is 1. The second-order valence-electron chi connectivity index (χ2n) is 6.60. The number of nitrogens with zero attached hydrogens (tertiary/aromatic N) is 1. The average molecular weight is 390 g/mol. The van der Waals surface area contributed by atoms with E-state index in [2.05, 4.69) is 5.32 Å². The first kappa shape index (κ1) is 19.4. The molecule has 0 fully saturated rings. The molecule has 2 aromatic carbocycles. The number of nitrogens with one attached hydrogen (secondary N) is 1.